The van der Waals surface area contributed by atoms with Crippen LogP contribution in [-0.2, 0) is 12.0 Å². The van der Waals surface area contributed by atoms with Crippen LogP contribution in [0.25, 0.3) is 0 Å². The van der Waals surface area contributed by atoms with Crippen molar-refractivity contribution in [1.29, 1.82) is 0 Å². The first-order valence-electron chi connectivity index (χ1n) is 7.43. The van der Waals surface area contributed by atoms with Crippen molar-refractivity contribution in [3.63, 3.8) is 0 Å². The van der Waals surface area contributed by atoms with E-state index in [0.717, 1.165) is 19.5 Å². The third kappa shape index (κ3) is 6.52. The number of hydrogen-bond acceptors (Lipinski definition) is 4. The molecule has 128 valence electrons. The Morgan fingerprint density at radius 1 is 1.35 bits per heavy atom. The number of hydrogen-bond donors (Lipinski definition) is 3. The Hall–Kier alpha value is -1.06. The summed E-state index contributed by atoms with van der Waals surface area (Å²) in [6, 6.07) is 7.70. The van der Waals surface area contributed by atoms with Crippen molar-refractivity contribution < 1.29 is 9.52 Å². The average molecular weight is 449 g/mol. The van der Waals surface area contributed by atoms with E-state index in [1.165, 1.54) is 4.88 Å². The highest BCUT2D eigenvalue weighted by Gasteiger charge is 2.25. The molecule has 0 radical (unpaired) electrons. The monoisotopic (exact) mass is 449 g/mol. The standard InChI is InChI=1S/C16H23N3O2S.HI/c1-3-17-15(18-9-8-13-6-5-11-22-13)19-12-16(2,20)14-7-4-10-21-14;/h4-7,10-11,20H,3,8-9,12H2,1-2H3,(H2,17,18,19);1H. The van der Waals surface area contributed by atoms with Gasteiger partial charge in [-0.15, -0.1) is 35.3 Å². The number of aliphatic hydroxyl groups is 1. The number of halogens is 1. The van der Waals surface area contributed by atoms with E-state index in [0.29, 0.717) is 11.7 Å². The van der Waals surface area contributed by atoms with Crippen molar-refractivity contribution in [2.24, 2.45) is 4.99 Å². The molecule has 3 N–H and O–H groups in total. The number of nitrogens with one attached hydrogen (secondary N) is 2. The summed E-state index contributed by atoms with van der Waals surface area (Å²) in [6.07, 6.45) is 2.51. The molecule has 1 unspecified atom stereocenters. The van der Waals surface area contributed by atoms with Gasteiger partial charge in [0.15, 0.2) is 5.96 Å². The lowest BCUT2D eigenvalue weighted by Crippen LogP contribution is -2.39. The zero-order valence-electron chi connectivity index (χ0n) is 13.4. The van der Waals surface area contributed by atoms with E-state index in [4.69, 9.17) is 4.42 Å². The van der Waals surface area contributed by atoms with Gasteiger partial charge in [-0.05, 0) is 43.8 Å². The molecule has 0 aliphatic rings. The maximum absolute atomic E-state index is 10.4. The van der Waals surface area contributed by atoms with Gasteiger partial charge in [-0.2, -0.15) is 0 Å². The number of aliphatic imine (C=N–C) groups is 1. The molecule has 0 fully saturated rings. The van der Waals surface area contributed by atoms with Crippen molar-refractivity contribution in [1.82, 2.24) is 10.6 Å². The van der Waals surface area contributed by atoms with Gasteiger partial charge in [-0.25, -0.2) is 4.99 Å². The molecule has 2 heterocycles. The van der Waals surface area contributed by atoms with Gasteiger partial charge in [0.25, 0.3) is 0 Å². The highest BCUT2D eigenvalue weighted by atomic mass is 127. The lowest BCUT2D eigenvalue weighted by atomic mass is 10.0. The fourth-order valence-electron chi connectivity index (χ4n) is 2.00. The van der Waals surface area contributed by atoms with Crippen LogP contribution >= 0.6 is 35.3 Å². The molecule has 0 aliphatic heterocycles. The summed E-state index contributed by atoms with van der Waals surface area (Å²) in [5.74, 6) is 1.22. The zero-order chi connectivity index (χ0) is 15.8. The molecule has 2 rings (SSSR count). The topological polar surface area (TPSA) is 69.8 Å². The molecule has 0 bridgehead atoms. The molecule has 7 heteroatoms. The predicted molar refractivity (Wildman–Crippen MR) is 106 cm³/mol. The Kier molecular flexibility index (Phi) is 8.64. The molecular weight excluding hydrogens is 425 g/mol. The molecule has 0 spiro atoms. The van der Waals surface area contributed by atoms with E-state index in [-0.39, 0.29) is 30.5 Å². The minimum atomic E-state index is -1.11. The number of thiophene rings is 1. The van der Waals surface area contributed by atoms with Crippen LogP contribution in [0.4, 0.5) is 0 Å². The maximum Gasteiger partial charge on any atom is 0.191 e. The number of nitrogens with zero attached hydrogens (tertiary/aromatic N) is 1. The van der Waals surface area contributed by atoms with Gasteiger partial charge < -0.3 is 20.2 Å². The van der Waals surface area contributed by atoms with Gasteiger partial charge in [0.05, 0.1) is 12.8 Å². The second kappa shape index (κ2) is 9.94. The summed E-state index contributed by atoms with van der Waals surface area (Å²) >= 11 is 1.75. The van der Waals surface area contributed by atoms with Crippen molar-refractivity contribution >= 4 is 41.3 Å². The fraction of sp³-hybridized carbons (Fsp3) is 0.438. The lowest BCUT2D eigenvalue weighted by Gasteiger charge is -2.19. The van der Waals surface area contributed by atoms with Crippen LogP contribution in [0.2, 0.25) is 0 Å². The first kappa shape index (κ1) is 20.0. The summed E-state index contributed by atoms with van der Waals surface area (Å²) in [4.78, 5) is 5.79. The third-order valence-electron chi connectivity index (χ3n) is 3.19. The van der Waals surface area contributed by atoms with Crippen LogP contribution in [0, 0.1) is 0 Å². The second-order valence-corrected chi connectivity index (χ2v) is 6.23. The quantitative estimate of drug-likeness (QED) is 0.346. The second-order valence-electron chi connectivity index (χ2n) is 5.20. The molecule has 2 aromatic heterocycles. The van der Waals surface area contributed by atoms with Crippen molar-refractivity contribution in [2.45, 2.75) is 25.9 Å². The largest absolute Gasteiger partial charge is 0.466 e. The highest BCUT2D eigenvalue weighted by Crippen LogP contribution is 2.20. The first-order valence-corrected chi connectivity index (χ1v) is 8.30. The van der Waals surface area contributed by atoms with Crippen LogP contribution in [0.3, 0.4) is 0 Å². The van der Waals surface area contributed by atoms with E-state index < -0.39 is 5.60 Å². The smallest absolute Gasteiger partial charge is 0.191 e. The molecule has 23 heavy (non-hydrogen) atoms. The molecule has 1 atom stereocenters. The predicted octanol–water partition coefficient (Wildman–Crippen LogP) is 2.96. The summed E-state index contributed by atoms with van der Waals surface area (Å²) in [6.45, 7) is 5.52. The fourth-order valence-corrected chi connectivity index (χ4v) is 2.71. The summed E-state index contributed by atoms with van der Waals surface area (Å²) in [5, 5.41) is 19.0. The van der Waals surface area contributed by atoms with Crippen LogP contribution in [0.15, 0.2) is 45.3 Å². The van der Waals surface area contributed by atoms with Crippen molar-refractivity contribution in [2.75, 3.05) is 19.6 Å². The Bertz CT molecular complexity index is 568. The SMILES string of the molecule is CCNC(=NCC(C)(O)c1ccco1)NCCc1cccs1.I. The van der Waals surface area contributed by atoms with Crippen molar-refractivity contribution in [3.8, 4) is 0 Å². The Labute approximate surface area is 158 Å². The lowest BCUT2D eigenvalue weighted by molar-refractivity contribution is 0.0437. The molecular formula is C16H24IN3O2S. The van der Waals surface area contributed by atoms with Gasteiger partial charge in [0, 0.05) is 18.0 Å². The van der Waals surface area contributed by atoms with E-state index in [1.807, 2.05) is 6.92 Å². The molecule has 0 saturated carbocycles. The normalized spacial score (nSPS) is 14.0. The first-order chi connectivity index (χ1) is 10.6. The number of guanidine groups is 1. The third-order valence-corrected chi connectivity index (χ3v) is 4.12. The minimum absolute atomic E-state index is 0. The van der Waals surface area contributed by atoms with Gasteiger partial charge in [0.1, 0.15) is 11.4 Å². The average Bonchev–Trinajstić information content (AvgIpc) is 3.18. The minimum Gasteiger partial charge on any atom is -0.466 e. The molecule has 0 aliphatic carbocycles. The maximum atomic E-state index is 10.4. The number of furan rings is 1. The Morgan fingerprint density at radius 2 is 2.17 bits per heavy atom. The van der Waals surface area contributed by atoms with Gasteiger partial charge >= 0.3 is 0 Å². The highest BCUT2D eigenvalue weighted by molar-refractivity contribution is 14.0. The van der Waals surface area contributed by atoms with Crippen LogP contribution < -0.4 is 10.6 Å². The Morgan fingerprint density at radius 3 is 2.78 bits per heavy atom. The molecule has 2 aromatic rings. The van der Waals surface area contributed by atoms with Crippen LogP contribution in [-0.4, -0.2) is 30.7 Å². The summed E-state index contributed by atoms with van der Waals surface area (Å²) in [5.41, 5.74) is -1.11. The van der Waals surface area contributed by atoms with Gasteiger partial charge in [-0.3, -0.25) is 0 Å². The van der Waals surface area contributed by atoms with E-state index in [1.54, 1.807) is 36.7 Å². The molecule has 0 amide bonds. The molecule has 5 nitrogen and oxygen atoms in total. The van der Waals surface area contributed by atoms with Crippen LogP contribution in [0.5, 0.6) is 0 Å². The van der Waals surface area contributed by atoms with Crippen molar-refractivity contribution in [3.05, 3.63) is 46.5 Å². The molecule has 0 aromatic carbocycles. The summed E-state index contributed by atoms with van der Waals surface area (Å²) in [7, 11) is 0. The zero-order valence-corrected chi connectivity index (χ0v) is 16.6. The van der Waals surface area contributed by atoms with E-state index in [9.17, 15) is 5.11 Å². The van der Waals surface area contributed by atoms with E-state index in [2.05, 4.69) is 33.1 Å². The van der Waals surface area contributed by atoms with Gasteiger partial charge in [-0.1, -0.05) is 6.07 Å². The Balaban J connectivity index is 0.00000264. The van der Waals surface area contributed by atoms with Crippen LogP contribution in [0.1, 0.15) is 24.5 Å². The van der Waals surface area contributed by atoms with Gasteiger partial charge in [0.2, 0.25) is 0 Å². The summed E-state index contributed by atoms with van der Waals surface area (Å²) < 4.78 is 5.26. The molecule has 0 saturated heterocycles. The van der Waals surface area contributed by atoms with E-state index >= 15 is 0 Å². The number of rotatable bonds is 7.